The first-order valence-electron chi connectivity index (χ1n) is 11.4. The van der Waals surface area contributed by atoms with Crippen LogP contribution in [0.4, 0.5) is 0 Å². The second-order valence-corrected chi connectivity index (χ2v) is 10.0. The number of benzene rings is 3. The van der Waals surface area contributed by atoms with Crippen LogP contribution in [0.5, 0.6) is 0 Å². The lowest BCUT2D eigenvalue weighted by atomic mass is 9.69. The van der Waals surface area contributed by atoms with E-state index in [1.165, 1.54) is 5.56 Å². The van der Waals surface area contributed by atoms with Crippen LogP contribution < -0.4 is 0 Å². The Bertz CT molecular complexity index is 1030. The van der Waals surface area contributed by atoms with Crippen molar-refractivity contribution in [2.45, 2.75) is 44.6 Å². The van der Waals surface area contributed by atoms with E-state index in [2.05, 4.69) is 58.0 Å². The van der Waals surface area contributed by atoms with E-state index in [4.69, 9.17) is 0 Å². The minimum atomic E-state index is -1.45. The second-order valence-electron chi connectivity index (χ2n) is 10.0. The van der Waals surface area contributed by atoms with Gasteiger partial charge in [0.25, 0.3) is 0 Å². The molecule has 0 amide bonds. The quantitative estimate of drug-likeness (QED) is 0.393. The number of aliphatic hydroxyl groups excluding tert-OH is 4. The van der Waals surface area contributed by atoms with E-state index >= 15 is 0 Å². The summed E-state index contributed by atoms with van der Waals surface area (Å²) in [7, 11) is 0. The SMILES string of the molecule is CC(C)(c1ccccc1)c1ccc(C(O)C(CO)(CO)CO)c(C(C)(C)c2ccccc2)c1. The fourth-order valence-electron chi connectivity index (χ4n) is 4.50. The first kappa shape index (κ1) is 25.1. The van der Waals surface area contributed by atoms with Crippen molar-refractivity contribution in [3.05, 3.63) is 107 Å². The van der Waals surface area contributed by atoms with E-state index < -0.39 is 36.8 Å². The third-order valence-electron chi connectivity index (χ3n) is 7.26. The normalized spacial score (nSPS) is 13.7. The molecule has 176 valence electrons. The zero-order valence-electron chi connectivity index (χ0n) is 20.0. The monoisotopic (exact) mass is 448 g/mol. The van der Waals surface area contributed by atoms with Gasteiger partial charge in [-0.15, -0.1) is 0 Å². The molecule has 0 saturated carbocycles. The van der Waals surface area contributed by atoms with Crippen LogP contribution in [0, 0.1) is 5.41 Å². The summed E-state index contributed by atoms with van der Waals surface area (Å²) in [5.41, 5.74) is 2.62. The molecule has 0 saturated heterocycles. The fraction of sp³-hybridized carbons (Fsp3) is 0.379. The molecular weight excluding hydrogens is 412 g/mol. The molecule has 0 aromatic heterocycles. The van der Waals surface area contributed by atoms with Gasteiger partial charge in [-0.2, -0.15) is 0 Å². The maximum atomic E-state index is 11.4. The molecule has 0 radical (unpaired) electrons. The summed E-state index contributed by atoms with van der Waals surface area (Å²) in [6.07, 6.45) is -1.25. The van der Waals surface area contributed by atoms with Crippen LogP contribution in [0.1, 0.15) is 61.6 Å². The Labute approximate surface area is 197 Å². The Balaban J connectivity index is 2.25. The largest absolute Gasteiger partial charge is 0.395 e. The van der Waals surface area contributed by atoms with Gasteiger partial charge in [-0.25, -0.2) is 0 Å². The Hall–Kier alpha value is -2.50. The molecule has 0 aliphatic heterocycles. The smallest absolute Gasteiger partial charge is 0.0915 e. The number of aliphatic hydroxyl groups is 4. The molecular formula is C29H36O4. The molecule has 3 aromatic rings. The van der Waals surface area contributed by atoms with Crippen molar-refractivity contribution < 1.29 is 20.4 Å². The molecule has 4 nitrogen and oxygen atoms in total. The van der Waals surface area contributed by atoms with E-state index in [9.17, 15) is 20.4 Å². The van der Waals surface area contributed by atoms with Crippen LogP contribution in [-0.4, -0.2) is 40.2 Å². The van der Waals surface area contributed by atoms with Gasteiger partial charge in [-0.3, -0.25) is 0 Å². The zero-order chi connectivity index (χ0) is 24.3. The van der Waals surface area contributed by atoms with Gasteiger partial charge < -0.3 is 20.4 Å². The van der Waals surface area contributed by atoms with Crippen LogP contribution in [0.25, 0.3) is 0 Å². The highest BCUT2D eigenvalue weighted by molar-refractivity contribution is 5.49. The lowest BCUT2D eigenvalue weighted by Crippen LogP contribution is -2.41. The molecule has 0 spiro atoms. The fourth-order valence-corrected chi connectivity index (χ4v) is 4.50. The second kappa shape index (κ2) is 9.78. The van der Waals surface area contributed by atoms with Gasteiger partial charge in [0.05, 0.1) is 31.3 Å². The van der Waals surface area contributed by atoms with Crippen molar-refractivity contribution in [1.29, 1.82) is 0 Å². The molecule has 0 heterocycles. The average Bonchev–Trinajstić information content (AvgIpc) is 2.86. The summed E-state index contributed by atoms with van der Waals surface area (Å²) in [5.74, 6) is 0. The number of rotatable bonds is 9. The summed E-state index contributed by atoms with van der Waals surface area (Å²) in [4.78, 5) is 0. The van der Waals surface area contributed by atoms with Gasteiger partial charge in [0, 0.05) is 10.8 Å². The van der Waals surface area contributed by atoms with Gasteiger partial charge in [0.1, 0.15) is 0 Å². The zero-order valence-corrected chi connectivity index (χ0v) is 20.0. The van der Waals surface area contributed by atoms with Crippen molar-refractivity contribution in [2.24, 2.45) is 5.41 Å². The van der Waals surface area contributed by atoms with Crippen LogP contribution in [0.2, 0.25) is 0 Å². The molecule has 0 fully saturated rings. The van der Waals surface area contributed by atoms with Crippen molar-refractivity contribution in [1.82, 2.24) is 0 Å². The van der Waals surface area contributed by atoms with E-state index in [0.717, 1.165) is 16.7 Å². The maximum Gasteiger partial charge on any atom is 0.0915 e. The molecule has 0 aliphatic carbocycles. The molecule has 1 unspecified atom stereocenters. The summed E-state index contributed by atoms with van der Waals surface area (Å²) >= 11 is 0. The number of hydrogen-bond acceptors (Lipinski definition) is 4. The van der Waals surface area contributed by atoms with Crippen molar-refractivity contribution >= 4 is 0 Å². The van der Waals surface area contributed by atoms with Crippen LogP contribution in [-0.2, 0) is 10.8 Å². The molecule has 0 aliphatic rings. The van der Waals surface area contributed by atoms with Crippen LogP contribution >= 0.6 is 0 Å². The predicted molar refractivity (Wildman–Crippen MR) is 132 cm³/mol. The van der Waals surface area contributed by atoms with Gasteiger partial charge in [0.15, 0.2) is 0 Å². The summed E-state index contributed by atoms with van der Waals surface area (Å²) < 4.78 is 0. The van der Waals surface area contributed by atoms with Crippen molar-refractivity contribution in [2.75, 3.05) is 19.8 Å². The van der Waals surface area contributed by atoms with E-state index in [-0.39, 0.29) is 5.41 Å². The van der Waals surface area contributed by atoms with E-state index in [0.29, 0.717) is 5.56 Å². The Kier molecular flexibility index (Phi) is 7.45. The highest BCUT2D eigenvalue weighted by atomic mass is 16.3. The first-order valence-corrected chi connectivity index (χ1v) is 11.4. The number of hydrogen-bond donors (Lipinski definition) is 4. The summed E-state index contributed by atoms with van der Waals surface area (Å²) in [5, 5.41) is 41.3. The van der Waals surface area contributed by atoms with Crippen molar-refractivity contribution in [3.8, 4) is 0 Å². The Morgan fingerprint density at radius 3 is 1.52 bits per heavy atom. The van der Waals surface area contributed by atoms with Gasteiger partial charge in [0.2, 0.25) is 0 Å². The lowest BCUT2D eigenvalue weighted by molar-refractivity contribution is -0.0857. The summed E-state index contributed by atoms with van der Waals surface area (Å²) in [6.45, 7) is 6.94. The van der Waals surface area contributed by atoms with Crippen LogP contribution in [0.3, 0.4) is 0 Å². The molecule has 4 heteroatoms. The Morgan fingerprint density at radius 1 is 0.606 bits per heavy atom. The third-order valence-corrected chi connectivity index (χ3v) is 7.26. The average molecular weight is 449 g/mol. The highest BCUT2D eigenvalue weighted by Gasteiger charge is 2.41. The molecule has 4 N–H and O–H groups in total. The van der Waals surface area contributed by atoms with E-state index in [1.807, 2.05) is 48.5 Å². The third kappa shape index (κ3) is 4.62. The van der Waals surface area contributed by atoms with Gasteiger partial charge in [-0.05, 0) is 27.8 Å². The van der Waals surface area contributed by atoms with Crippen molar-refractivity contribution in [3.63, 3.8) is 0 Å². The molecule has 3 aromatic carbocycles. The lowest BCUT2D eigenvalue weighted by Gasteiger charge is -2.38. The minimum absolute atomic E-state index is 0.283. The minimum Gasteiger partial charge on any atom is -0.395 e. The topological polar surface area (TPSA) is 80.9 Å². The first-order chi connectivity index (χ1) is 15.6. The molecule has 3 rings (SSSR count). The predicted octanol–water partition coefficient (Wildman–Crippen LogP) is 4.34. The maximum absolute atomic E-state index is 11.4. The molecule has 33 heavy (non-hydrogen) atoms. The molecule has 0 bridgehead atoms. The standard InChI is InChI=1S/C29H36O4/c1-27(2,21-11-7-5-8-12-21)23-15-16-24(26(33)29(18-30,19-31)20-32)25(17-23)28(3,4)22-13-9-6-10-14-22/h5-17,26,30-33H,18-20H2,1-4H3. The van der Waals surface area contributed by atoms with E-state index in [1.54, 1.807) is 0 Å². The highest BCUT2D eigenvalue weighted by Crippen LogP contribution is 2.43. The van der Waals surface area contributed by atoms with Crippen LogP contribution in [0.15, 0.2) is 78.9 Å². The van der Waals surface area contributed by atoms with Gasteiger partial charge >= 0.3 is 0 Å². The summed E-state index contributed by atoms with van der Waals surface area (Å²) in [6, 6.07) is 26.3. The molecule has 1 atom stereocenters. The Morgan fingerprint density at radius 2 is 1.06 bits per heavy atom. The van der Waals surface area contributed by atoms with Gasteiger partial charge in [-0.1, -0.05) is 107 Å².